The van der Waals surface area contributed by atoms with E-state index in [1.807, 2.05) is 6.07 Å². The van der Waals surface area contributed by atoms with E-state index in [0.717, 1.165) is 18.6 Å². The molecule has 0 aliphatic heterocycles. The van der Waals surface area contributed by atoms with Crippen LogP contribution in [-0.4, -0.2) is 10.5 Å². The smallest absolute Gasteiger partial charge is 0.0934 e. The van der Waals surface area contributed by atoms with Crippen molar-refractivity contribution in [3.8, 4) is 0 Å². The van der Waals surface area contributed by atoms with Crippen LogP contribution in [0.15, 0.2) is 23.0 Å². The molecule has 0 amide bonds. The highest BCUT2D eigenvalue weighted by Gasteiger charge is 2.16. The Kier molecular flexibility index (Phi) is 3.59. The van der Waals surface area contributed by atoms with Crippen LogP contribution in [0.1, 0.15) is 18.9 Å². The van der Waals surface area contributed by atoms with Crippen molar-refractivity contribution in [2.45, 2.75) is 24.5 Å². The van der Waals surface area contributed by atoms with Gasteiger partial charge in [-0.3, -0.25) is 0 Å². The van der Waals surface area contributed by atoms with Crippen molar-refractivity contribution < 1.29 is 4.42 Å². The van der Waals surface area contributed by atoms with Crippen molar-refractivity contribution in [2.24, 2.45) is 0 Å². The minimum Gasteiger partial charge on any atom is -0.472 e. The van der Waals surface area contributed by atoms with Gasteiger partial charge in [-0.25, -0.2) is 0 Å². The molecule has 0 aliphatic rings. The Labute approximate surface area is 84.4 Å². The molecule has 0 saturated carbocycles. The number of hydrogen-bond donors (Lipinski definition) is 2. The molecule has 3 heteroatoms. The first kappa shape index (κ1) is 10.1. The highest BCUT2D eigenvalue weighted by molar-refractivity contribution is 7.85. The molecule has 12 heavy (non-hydrogen) atoms. The number of rotatable bonds is 4. The molecule has 0 fully saturated rings. The minimum atomic E-state index is 0.0282. The molecule has 1 heterocycles. The molecule has 1 rings (SSSR count). The van der Waals surface area contributed by atoms with Crippen LogP contribution in [0.3, 0.4) is 0 Å². The highest BCUT2D eigenvalue weighted by Crippen LogP contribution is 2.22. The lowest BCUT2D eigenvalue weighted by molar-refractivity contribution is 0.560. The van der Waals surface area contributed by atoms with E-state index in [-0.39, 0.29) is 4.75 Å². The molecule has 0 bridgehead atoms. The Morgan fingerprint density at radius 1 is 1.58 bits per heavy atom. The molecular weight excluding hydrogens is 188 g/mol. The molecule has 0 aliphatic carbocycles. The summed E-state index contributed by atoms with van der Waals surface area (Å²) in [5, 5.41) is 0. The van der Waals surface area contributed by atoms with E-state index in [1.54, 1.807) is 12.5 Å². The van der Waals surface area contributed by atoms with Crippen LogP contribution >= 0.6 is 25.3 Å². The Hall–Kier alpha value is -0.0200. The summed E-state index contributed by atoms with van der Waals surface area (Å²) >= 11 is 8.72. The highest BCUT2D eigenvalue weighted by atomic mass is 32.1. The van der Waals surface area contributed by atoms with E-state index >= 15 is 0 Å². The number of thiol groups is 2. The van der Waals surface area contributed by atoms with Gasteiger partial charge in [0.25, 0.3) is 0 Å². The Morgan fingerprint density at radius 2 is 2.33 bits per heavy atom. The maximum Gasteiger partial charge on any atom is 0.0934 e. The van der Waals surface area contributed by atoms with Gasteiger partial charge in [0.2, 0.25) is 0 Å². The van der Waals surface area contributed by atoms with Gasteiger partial charge in [-0.15, -0.1) is 0 Å². The van der Waals surface area contributed by atoms with Crippen LogP contribution in [0.25, 0.3) is 0 Å². The molecule has 0 aromatic carbocycles. The van der Waals surface area contributed by atoms with E-state index in [9.17, 15) is 0 Å². The van der Waals surface area contributed by atoms with Crippen LogP contribution in [0, 0.1) is 0 Å². The summed E-state index contributed by atoms with van der Waals surface area (Å²) in [6.07, 6.45) is 5.52. The zero-order valence-corrected chi connectivity index (χ0v) is 8.94. The standard InChI is InChI=1S/C9H14OS2/c1-9(12,7-11)4-2-8-3-5-10-6-8/h3,5-6,11-12H,2,4,7H2,1H3/t9-/m1/s1. The molecular formula is C9H14OS2. The fourth-order valence-corrected chi connectivity index (χ4v) is 1.20. The predicted octanol–water partition coefficient (Wildman–Crippen LogP) is 2.83. The maximum absolute atomic E-state index is 4.97. The molecule has 0 spiro atoms. The monoisotopic (exact) mass is 202 g/mol. The summed E-state index contributed by atoms with van der Waals surface area (Å²) in [4.78, 5) is 0. The molecule has 0 saturated heterocycles. The third-order valence-electron chi connectivity index (χ3n) is 1.87. The summed E-state index contributed by atoms with van der Waals surface area (Å²) in [7, 11) is 0. The van der Waals surface area contributed by atoms with Crippen molar-refractivity contribution in [1.29, 1.82) is 0 Å². The van der Waals surface area contributed by atoms with E-state index < -0.39 is 0 Å². The molecule has 1 atom stereocenters. The predicted molar refractivity (Wildman–Crippen MR) is 58.3 cm³/mol. The fraction of sp³-hybridized carbons (Fsp3) is 0.556. The second-order valence-electron chi connectivity index (χ2n) is 3.29. The van der Waals surface area contributed by atoms with Crippen LogP contribution in [0.2, 0.25) is 0 Å². The number of aryl methyl sites for hydroxylation is 1. The second kappa shape index (κ2) is 4.28. The molecule has 0 N–H and O–H groups in total. The van der Waals surface area contributed by atoms with Crippen LogP contribution in [0.5, 0.6) is 0 Å². The number of hydrogen-bond acceptors (Lipinski definition) is 3. The first-order valence-electron chi connectivity index (χ1n) is 3.98. The largest absolute Gasteiger partial charge is 0.472 e. The average molecular weight is 202 g/mol. The zero-order valence-electron chi connectivity index (χ0n) is 7.16. The normalized spacial score (nSPS) is 15.9. The molecule has 1 nitrogen and oxygen atoms in total. The van der Waals surface area contributed by atoms with Gasteiger partial charge >= 0.3 is 0 Å². The van der Waals surface area contributed by atoms with Gasteiger partial charge in [0.05, 0.1) is 12.5 Å². The van der Waals surface area contributed by atoms with E-state index in [4.69, 9.17) is 4.42 Å². The van der Waals surface area contributed by atoms with Crippen molar-refractivity contribution in [3.63, 3.8) is 0 Å². The van der Waals surface area contributed by atoms with Gasteiger partial charge in [0.15, 0.2) is 0 Å². The van der Waals surface area contributed by atoms with E-state index in [0.29, 0.717) is 0 Å². The van der Waals surface area contributed by atoms with E-state index in [2.05, 4.69) is 32.2 Å². The summed E-state index contributed by atoms with van der Waals surface area (Å²) in [6, 6.07) is 1.99. The average Bonchev–Trinajstić information content (AvgIpc) is 2.53. The zero-order chi connectivity index (χ0) is 9.03. The van der Waals surface area contributed by atoms with Gasteiger partial charge in [0, 0.05) is 10.5 Å². The van der Waals surface area contributed by atoms with Crippen LogP contribution in [0.4, 0.5) is 0 Å². The third kappa shape index (κ3) is 3.15. The minimum absolute atomic E-state index is 0.0282. The van der Waals surface area contributed by atoms with Gasteiger partial charge in [0.1, 0.15) is 0 Å². The first-order valence-corrected chi connectivity index (χ1v) is 5.06. The summed E-state index contributed by atoms with van der Waals surface area (Å²) in [5.41, 5.74) is 1.23. The lowest BCUT2D eigenvalue weighted by Gasteiger charge is -2.19. The van der Waals surface area contributed by atoms with Gasteiger partial charge in [-0.2, -0.15) is 25.3 Å². The molecule has 1 aromatic rings. The molecule has 68 valence electrons. The quantitative estimate of drug-likeness (QED) is 0.716. The Bertz CT molecular complexity index is 216. The topological polar surface area (TPSA) is 13.1 Å². The molecule has 0 radical (unpaired) electrons. The SMILES string of the molecule is C[C@](S)(CS)CCc1ccoc1. The Balaban J connectivity index is 2.36. The first-order chi connectivity index (χ1) is 5.64. The second-order valence-corrected chi connectivity index (χ2v) is 4.68. The Morgan fingerprint density at radius 3 is 2.83 bits per heavy atom. The van der Waals surface area contributed by atoms with Gasteiger partial charge in [-0.05, 0) is 31.4 Å². The third-order valence-corrected chi connectivity index (χ3v) is 3.20. The lowest BCUT2D eigenvalue weighted by Crippen LogP contribution is -2.19. The van der Waals surface area contributed by atoms with Crippen LogP contribution < -0.4 is 0 Å². The van der Waals surface area contributed by atoms with Crippen molar-refractivity contribution >= 4 is 25.3 Å². The summed E-state index contributed by atoms with van der Waals surface area (Å²) < 4.78 is 5.00. The van der Waals surface area contributed by atoms with E-state index in [1.165, 1.54) is 5.56 Å². The van der Waals surface area contributed by atoms with Crippen LogP contribution in [-0.2, 0) is 6.42 Å². The maximum atomic E-state index is 4.97. The lowest BCUT2D eigenvalue weighted by atomic mass is 10.0. The molecule has 1 aromatic heterocycles. The van der Waals surface area contributed by atoms with Crippen molar-refractivity contribution in [3.05, 3.63) is 24.2 Å². The van der Waals surface area contributed by atoms with Gasteiger partial charge in [-0.1, -0.05) is 0 Å². The fourth-order valence-electron chi connectivity index (χ4n) is 0.928. The van der Waals surface area contributed by atoms with Crippen molar-refractivity contribution in [2.75, 3.05) is 5.75 Å². The van der Waals surface area contributed by atoms with Gasteiger partial charge < -0.3 is 4.42 Å². The summed E-state index contributed by atoms with van der Waals surface area (Å²) in [5.74, 6) is 0.800. The number of furan rings is 1. The molecule has 0 unspecified atom stereocenters. The summed E-state index contributed by atoms with van der Waals surface area (Å²) in [6.45, 7) is 2.10. The van der Waals surface area contributed by atoms with Crippen molar-refractivity contribution in [1.82, 2.24) is 0 Å².